The van der Waals surface area contributed by atoms with Crippen LogP contribution in [0.5, 0.6) is 11.5 Å². The molecule has 0 aromatic heterocycles. The van der Waals surface area contributed by atoms with Gasteiger partial charge in [-0.2, -0.15) is 0 Å². The quantitative estimate of drug-likeness (QED) is 0.137. The molecule has 1 aliphatic heterocycles. The van der Waals surface area contributed by atoms with E-state index in [1.807, 2.05) is 62.4 Å². The number of nitrogens with zero attached hydrogens (tertiary/aromatic N) is 1. The number of thioether (sulfide) groups is 1. The molecule has 36 heavy (non-hydrogen) atoms. The maximum absolute atomic E-state index is 13.1. The normalized spacial score (nSPS) is 14.6. The first kappa shape index (κ1) is 27.3. The molecule has 1 saturated heterocycles. The van der Waals surface area contributed by atoms with Crippen LogP contribution in [-0.4, -0.2) is 21.7 Å². The van der Waals surface area contributed by atoms with Crippen LogP contribution >= 0.6 is 69.8 Å². The summed E-state index contributed by atoms with van der Waals surface area (Å²) in [7, 11) is 0. The average Bonchev–Trinajstić information content (AvgIpc) is 3.08. The van der Waals surface area contributed by atoms with E-state index in [2.05, 4.69) is 22.6 Å². The number of hydrogen-bond acceptors (Lipinski definition) is 5. The van der Waals surface area contributed by atoms with Crippen LogP contribution in [0.15, 0.2) is 59.5 Å². The highest BCUT2D eigenvalue weighted by molar-refractivity contribution is 14.1. The molecule has 0 unspecified atom stereocenters. The SMILES string of the molecule is CCOc1cc(/C=C2\SC(=S)N(Cc3ccc(C)cc3)C2=O)cc(I)c1OCc1ccc(Cl)cc1Cl. The highest BCUT2D eigenvalue weighted by atomic mass is 127. The summed E-state index contributed by atoms with van der Waals surface area (Å²) in [4.78, 5) is 15.4. The number of carbonyl (C=O) groups excluding carboxylic acids is 1. The Bertz CT molecular complexity index is 1350. The number of carbonyl (C=O) groups is 1. The van der Waals surface area contributed by atoms with Gasteiger partial charge in [-0.15, -0.1) is 0 Å². The summed E-state index contributed by atoms with van der Waals surface area (Å²) in [5.41, 5.74) is 3.86. The van der Waals surface area contributed by atoms with Gasteiger partial charge in [-0.25, -0.2) is 0 Å². The van der Waals surface area contributed by atoms with Crippen molar-refractivity contribution in [2.75, 3.05) is 6.61 Å². The Morgan fingerprint density at radius 1 is 1.08 bits per heavy atom. The van der Waals surface area contributed by atoms with Gasteiger partial charge in [-0.3, -0.25) is 9.69 Å². The van der Waals surface area contributed by atoms with E-state index in [9.17, 15) is 4.79 Å². The first-order valence-electron chi connectivity index (χ1n) is 11.1. The van der Waals surface area contributed by atoms with E-state index >= 15 is 0 Å². The summed E-state index contributed by atoms with van der Waals surface area (Å²) < 4.78 is 13.4. The lowest BCUT2D eigenvalue weighted by Gasteiger charge is -2.16. The lowest BCUT2D eigenvalue weighted by Crippen LogP contribution is -2.27. The summed E-state index contributed by atoms with van der Waals surface area (Å²) in [6.45, 7) is 5.13. The number of amides is 1. The highest BCUT2D eigenvalue weighted by Gasteiger charge is 2.32. The number of rotatable bonds is 8. The molecule has 1 aliphatic rings. The number of aryl methyl sites for hydroxylation is 1. The van der Waals surface area contributed by atoms with Crippen molar-refractivity contribution in [3.8, 4) is 11.5 Å². The van der Waals surface area contributed by atoms with Gasteiger partial charge < -0.3 is 9.47 Å². The molecule has 0 atom stereocenters. The van der Waals surface area contributed by atoms with Gasteiger partial charge in [0.05, 0.1) is 21.6 Å². The molecule has 0 spiro atoms. The van der Waals surface area contributed by atoms with Gasteiger partial charge in [-0.1, -0.05) is 83.1 Å². The number of ether oxygens (including phenoxy) is 2. The molecule has 1 amide bonds. The number of halogens is 3. The van der Waals surface area contributed by atoms with Gasteiger partial charge in [0, 0.05) is 15.6 Å². The monoisotopic (exact) mass is 669 g/mol. The highest BCUT2D eigenvalue weighted by Crippen LogP contribution is 2.38. The second kappa shape index (κ2) is 12.2. The Labute approximate surface area is 244 Å². The third-order valence-electron chi connectivity index (χ3n) is 5.35. The molecular weight excluding hydrogens is 648 g/mol. The van der Waals surface area contributed by atoms with Gasteiger partial charge in [0.15, 0.2) is 11.5 Å². The molecule has 0 aliphatic carbocycles. The van der Waals surface area contributed by atoms with Crippen molar-refractivity contribution in [3.63, 3.8) is 0 Å². The Balaban J connectivity index is 1.55. The minimum Gasteiger partial charge on any atom is -0.490 e. The van der Waals surface area contributed by atoms with Crippen LogP contribution in [-0.2, 0) is 17.9 Å². The lowest BCUT2D eigenvalue weighted by molar-refractivity contribution is -0.122. The van der Waals surface area contributed by atoms with E-state index in [0.29, 0.717) is 43.9 Å². The minimum atomic E-state index is -0.101. The summed E-state index contributed by atoms with van der Waals surface area (Å²) in [5.74, 6) is 1.11. The molecule has 4 nitrogen and oxygen atoms in total. The van der Waals surface area contributed by atoms with Crippen molar-refractivity contribution in [1.82, 2.24) is 4.90 Å². The molecule has 1 fully saturated rings. The first-order valence-corrected chi connectivity index (χ1v) is 14.1. The average molecular weight is 670 g/mol. The van der Waals surface area contributed by atoms with Gasteiger partial charge in [0.1, 0.15) is 10.9 Å². The molecular formula is C27H22Cl2INO3S2. The fourth-order valence-electron chi connectivity index (χ4n) is 3.53. The lowest BCUT2D eigenvalue weighted by atomic mass is 10.1. The molecule has 1 heterocycles. The Kier molecular flexibility index (Phi) is 9.22. The van der Waals surface area contributed by atoms with Crippen molar-refractivity contribution in [2.24, 2.45) is 0 Å². The summed E-state index contributed by atoms with van der Waals surface area (Å²) in [6, 6.07) is 17.2. The van der Waals surface area contributed by atoms with E-state index in [4.69, 9.17) is 44.9 Å². The van der Waals surface area contributed by atoms with Crippen LogP contribution in [0.2, 0.25) is 10.0 Å². The Hall–Kier alpha value is -1.78. The van der Waals surface area contributed by atoms with Crippen molar-refractivity contribution in [1.29, 1.82) is 0 Å². The number of benzene rings is 3. The predicted octanol–water partition coefficient (Wildman–Crippen LogP) is 8.29. The van der Waals surface area contributed by atoms with Gasteiger partial charge in [0.25, 0.3) is 5.91 Å². The molecule has 4 rings (SSSR count). The Morgan fingerprint density at radius 3 is 2.53 bits per heavy atom. The topological polar surface area (TPSA) is 38.8 Å². The summed E-state index contributed by atoms with van der Waals surface area (Å²) in [6.07, 6.45) is 1.85. The Morgan fingerprint density at radius 2 is 1.83 bits per heavy atom. The van der Waals surface area contributed by atoms with E-state index in [0.717, 1.165) is 20.3 Å². The van der Waals surface area contributed by atoms with E-state index in [1.54, 1.807) is 17.0 Å². The van der Waals surface area contributed by atoms with Crippen molar-refractivity contribution in [3.05, 3.63) is 95.4 Å². The maximum atomic E-state index is 13.1. The van der Waals surface area contributed by atoms with E-state index in [1.165, 1.54) is 17.3 Å². The predicted molar refractivity (Wildman–Crippen MR) is 161 cm³/mol. The van der Waals surface area contributed by atoms with Gasteiger partial charge in [-0.05, 0) is 77.9 Å². The van der Waals surface area contributed by atoms with Crippen LogP contribution in [0.3, 0.4) is 0 Å². The van der Waals surface area contributed by atoms with Crippen molar-refractivity contribution in [2.45, 2.75) is 27.0 Å². The molecule has 186 valence electrons. The zero-order valence-electron chi connectivity index (χ0n) is 19.5. The molecule has 3 aromatic carbocycles. The molecule has 0 radical (unpaired) electrons. The maximum Gasteiger partial charge on any atom is 0.266 e. The van der Waals surface area contributed by atoms with Crippen LogP contribution in [0.25, 0.3) is 6.08 Å². The third-order valence-corrected chi connectivity index (χ3v) is 8.12. The molecule has 0 saturated carbocycles. The molecule has 0 N–H and O–H groups in total. The molecule has 9 heteroatoms. The first-order chi connectivity index (χ1) is 17.2. The molecule has 3 aromatic rings. The third kappa shape index (κ3) is 6.55. The fourth-order valence-corrected chi connectivity index (χ4v) is 6.03. The zero-order valence-corrected chi connectivity index (χ0v) is 24.8. The largest absolute Gasteiger partial charge is 0.490 e. The van der Waals surface area contributed by atoms with Crippen LogP contribution in [0.1, 0.15) is 29.2 Å². The molecule has 0 bridgehead atoms. The van der Waals surface area contributed by atoms with Crippen molar-refractivity contribution >= 4 is 86.1 Å². The summed E-state index contributed by atoms with van der Waals surface area (Å²) >= 11 is 21.3. The van der Waals surface area contributed by atoms with Gasteiger partial charge >= 0.3 is 0 Å². The van der Waals surface area contributed by atoms with Crippen molar-refractivity contribution < 1.29 is 14.3 Å². The van der Waals surface area contributed by atoms with E-state index in [-0.39, 0.29) is 12.5 Å². The fraction of sp³-hybridized carbons (Fsp3) is 0.185. The van der Waals surface area contributed by atoms with E-state index < -0.39 is 0 Å². The van der Waals surface area contributed by atoms with Crippen LogP contribution in [0, 0.1) is 10.5 Å². The van der Waals surface area contributed by atoms with Crippen LogP contribution in [0.4, 0.5) is 0 Å². The second-order valence-corrected chi connectivity index (χ2v) is 11.7. The zero-order chi connectivity index (χ0) is 25.8. The minimum absolute atomic E-state index is 0.101. The summed E-state index contributed by atoms with van der Waals surface area (Å²) in [5, 5.41) is 1.11. The number of thiocarbonyl (C=S) groups is 1. The smallest absolute Gasteiger partial charge is 0.266 e. The van der Waals surface area contributed by atoms with Crippen LogP contribution < -0.4 is 9.47 Å². The van der Waals surface area contributed by atoms with Gasteiger partial charge in [0.2, 0.25) is 0 Å². The second-order valence-electron chi connectivity index (χ2n) is 8.04. The number of hydrogen-bond donors (Lipinski definition) is 0. The standard InChI is InChI=1S/C27H22Cl2INO3S2/c1-3-33-23-11-18(10-22(30)25(23)34-15-19-8-9-20(28)13-21(19)29)12-24-26(32)31(27(35)36-24)14-17-6-4-16(2)5-7-17/h4-13H,3,14-15H2,1-2H3/b24-12-.